The van der Waals surface area contributed by atoms with E-state index in [9.17, 15) is 0 Å². The Bertz CT molecular complexity index is 404. The molecule has 0 bridgehead atoms. The first kappa shape index (κ1) is 16.5. The Morgan fingerprint density at radius 3 is 2.43 bits per heavy atom. The molecule has 1 fully saturated rings. The summed E-state index contributed by atoms with van der Waals surface area (Å²) in [4.78, 5) is 0. The van der Waals surface area contributed by atoms with Gasteiger partial charge in [0.05, 0.1) is 0 Å². The number of likely N-dealkylation sites (N-methyl/N-ethyl adjacent to an activating group) is 1. The zero-order valence-corrected chi connectivity index (χ0v) is 14.2. The topological polar surface area (TPSA) is 12.0 Å². The van der Waals surface area contributed by atoms with Crippen molar-refractivity contribution in [2.24, 2.45) is 11.8 Å². The van der Waals surface area contributed by atoms with E-state index in [4.69, 9.17) is 0 Å². The quantitative estimate of drug-likeness (QED) is 0.733. The molecule has 2 rings (SSSR count). The predicted octanol–water partition coefficient (Wildman–Crippen LogP) is 5.12. The van der Waals surface area contributed by atoms with Crippen LogP contribution in [-0.4, -0.2) is 12.6 Å². The lowest BCUT2D eigenvalue weighted by atomic mass is 9.75. The van der Waals surface area contributed by atoms with Gasteiger partial charge in [-0.2, -0.15) is 0 Å². The molecule has 0 aliphatic heterocycles. The summed E-state index contributed by atoms with van der Waals surface area (Å²) in [5.41, 5.74) is 2.97. The van der Waals surface area contributed by atoms with E-state index in [1.807, 2.05) is 0 Å². The Morgan fingerprint density at radius 2 is 1.81 bits per heavy atom. The second kappa shape index (κ2) is 8.58. The van der Waals surface area contributed by atoms with E-state index in [-0.39, 0.29) is 0 Å². The van der Waals surface area contributed by atoms with E-state index in [0.29, 0.717) is 6.04 Å². The summed E-state index contributed by atoms with van der Waals surface area (Å²) in [5.74, 6) is 1.88. The molecule has 0 radical (unpaired) electrons. The maximum atomic E-state index is 3.77. The van der Waals surface area contributed by atoms with Gasteiger partial charge in [0.1, 0.15) is 0 Å². The standard InChI is InChI=1S/C20H33N/c1-4-8-17-11-13-18(14-12-17)20(21-5-2)15-19-10-7-6-9-16(19)3/h6-7,9-10,17-18,20-21H,4-5,8,11-15H2,1-3H3. The van der Waals surface area contributed by atoms with Crippen LogP contribution in [0.5, 0.6) is 0 Å². The molecule has 1 atom stereocenters. The average Bonchev–Trinajstić information content (AvgIpc) is 2.50. The fourth-order valence-electron chi connectivity index (χ4n) is 4.03. The van der Waals surface area contributed by atoms with Crippen LogP contribution in [0.1, 0.15) is 63.5 Å². The van der Waals surface area contributed by atoms with Gasteiger partial charge in [0, 0.05) is 6.04 Å². The molecule has 21 heavy (non-hydrogen) atoms. The van der Waals surface area contributed by atoms with Crippen LogP contribution in [0.3, 0.4) is 0 Å². The molecular formula is C20H33N. The Kier molecular flexibility index (Phi) is 6.76. The van der Waals surface area contributed by atoms with Crippen LogP contribution in [0.25, 0.3) is 0 Å². The third-order valence-corrected chi connectivity index (χ3v) is 5.32. The van der Waals surface area contributed by atoms with Crippen molar-refractivity contribution in [2.45, 2.75) is 71.8 Å². The summed E-state index contributed by atoms with van der Waals surface area (Å²) in [5, 5.41) is 3.77. The lowest BCUT2D eigenvalue weighted by molar-refractivity contribution is 0.213. The van der Waals surface area contributed by atoms with Crippen LogP contribution < -0.4 is 5.32 Å². The lowest BCUT2D eigenvalue weighted by Gasteiger charge is -2.34. The summed E-state index contributed by atoms with van der Waals surface area (Å²) < 4.78 is 0. The van der Waals surface area contributed by atoms with Crippen molar-refractivity contribution in [3.05, 3.63) is 35.4 Å². The average molecular weight is 287 g/mol. The van der Waals surface area contributed by atoms with Gasteiger partial charge >= 0.3 is 0 Å². The minimum Gasteiger partial charge on any atom is -0.314 e. The maximum absolute atomic E-state index is 3.77. The molecule has 0 heterocycles. The molecule has 1 N–H and O–H groups in total. The SMILES string of the molecule is CCCC1CCC(C(Cc2ccccc2C)NCC)CC1. The number of nitrogens with one attached hydrogen (secondary N) is 1. The van der Waals surface area contributed by atoms with E-state index in [1.165, 1.54) is 56.1 Å². The predicted molar refractivity (Wildman–Crippen MR) is 92.7 cm³/mol. The van der Waals surface area contributed by atoms with E-state index in [1.54, 1.807) is 0 Å². The molecule has 1 aromatic rings. The maximum Gasteiger partial charge on any atom is 0.0136 e. The van der Waals surface area contributed by atoms with Gasteiger partial charge in [-0.05, 0) is 55.7 Å². The summed E-state index contributed by atoms with van der Waals surface area (Å²) in [6.07, 6.45) is 9.75. The number of aryl methyl sites for hydroxylation is 1. The second-order valence-electron chi connectivity index (χ2n) is 6.86. The highest BCUT2D eigenvalue weighted by atomic mass is 14.9. The van der Waals surface area contributed by atoms with Crippen molar-refractivity contribution < 1.29 is 0 Å². The number of rotatable bonds is 7. The molecule has 1 aliphatic rings. The molecule has 1 saturated carbocycles. The molecule has 1 aliphatic carbocycles. The first-order valence-corrected chi connectivity index (χ1v) is 9.02. The first-order chi connectivity index (χ1) is 10.2. The third kappa shape index (κ3) is 4.85. The van der Waals surface area contributed by atoms with Gasteiger partial charge in [0.2, 0.25) is 0 Å². The molecule has 0 amide bonds. The normalized spacial score (nSPS) is 24.0. The van der Waals surface area contributed by atoms with Gasteiger partial charge < -0.3 is 5.32 Å². The molecule has 1 aromatic carbocycles. The highest BCUT2D eigenvalue weighted by molar-refractivity contribution is 5.26. The van der Waals surface area contributed by atoms with E-state index >= 15 is 0 Å². The first-order valence-electron chi connectivity index (χ1n) is 9.02. The van der Waals surface area contributed by atoms with Crippen molar-refractivity contribution in [1.82, 2.24) is 5.32 Å². The van der Waals surface area contributed by atoms with Gasteiger partial charge in [0.25, 0.3) is 0 Å². The smallest absolute Gasteiger partial charge is 0.0136 e. The van der Waals surface area contributed by atoms with Gasteiger partial charge in [-0.25, -0.2) is 0 Å². The molecule has 1 unspecified atom stereocenters. The van der Waals surface area contributed by atoms with Gasteiger partial charge in [-0.15, -0.1) is 0 Å². The molecular weight excluding hydrogens is 254 g/mol. The summed E-state index contributed by atoms with van der Waals surface area (Å²) in [6, 6.07) is 9.55. The minimum absolute atomic E-state index is 0.665. The Labute approximate surface area is 131 Å². The Hall–Kier alpha value is -0.820. The molecule has 118 valence electrons. The van der Waals surface area contributed by atoms with Crippen molar-refractivity contribution in [3.63, 3.8) is 0 Å². The van der Waals surface area contributed by atoms with Crippen molar-refractivity contribution in [1.29, 1.82) is 0 Å². The Morgan fingerprint density at radius 1 is 1.10 bits per heavy atom. The highest BCUT2D eigenvalue weighted by Gasteiger charge is 2.27. The Balaban J connectivity index is 1.95. The van der Waals surface area contributed by atoms with Crippen molar-refractivity contribution in [3.8, 4) is 0 Å². The highest BCUT2D eigenvalue weighted by Crippen LogP contribution is 2.34. The molecule has 1 heteroatoms. The van der Waals surface area contributed by atoms with E-state index in [2.05, 4.69) is 50.4 Å². The van der Waals surface area contributed by atoms with Gasteiger partial charge in [0.15, 0.2) is 0 Å². The van der Waals surface area contributed by atoms with E-state index < -0.39 is 0 Å². The van der Waals surface area contributed by atoms with Gasteiger partial charge in [-0.3, -0.25) is 0 Å². The van der Waals surface area contributed by atoms with Crippen molar-refractivity contribution >= 4 is 0 Å². The fraction of sp³-hybridized carbons (Fsp3) is 0.700. The van der Waals surface area contributed by atoms with Crippen LogP contribution in [0.4, 0.5) is 0 Å². The fourth-order valence-corrected chi connectivity index (χ4v) is 4.03. The second-order valence-corrected chi connectivity index (χ2v) is 6.86. The molecule has 0 saturated heterocycles. The lowest BCUT2D eigenvalue weighted by Crippen LogP contribution is -2.39. The van der Waals surface area contributed by atoms with Crippen LogP contribution in [0, 0.1) is 18.8 Å². The molecule has 1 nitrogen and oxygen atoms in total. The van der Waals surface area contributed by atoms with Crippen LogP contribution in [0.2, 0.25) is 0 Å². The largest absolute Gasteiger partial charge is 0.314 e. The minimum atomic E-state index is 0.665. The summed E-state index contributed by atoms with van der Waals surface area (Å²) >= 11 is 0. The molecule has 0 aromatic heterocycles. The van der Waals surface area contributed by atoms with Gasteiger partial charge in [-0.1, -0.05) is 63.8 Å². The monoisotopic (exact) mass is 287 g/mol. The number of hydrogen-bond donors (Lipinski definition) is 1. The van der Waals surface area contributed by atoms with E-state index in [0.717, 1.165) is 18.4 Å². The van der Waals surface area contributed by atoms with Crippen molar-refractivity contribution in [2.75, 3.05) is 6.54 Å². The van der Waals surface area contributed by atoms with Crippen LogP contribution >= 0.6 is 0 Å². The summed E-state index contributed by atoms with van der Waals surface area (Å²) in [7, 11) is 0. The number of hydrogen-bond acceptors (Lipinski definition) is 1. The number of benzene rings is 1. The molecule has 0 spiro atoms. The summed E-state index contributed by atoms with van der Waals surface area (Å²) in [6.45, 7) is 7.90. The zero-order chi connectivity index (χ0) is 15.1. The van der Waals surface area contributed by atoms with Crippen LogP contribution in [-0.2, 0) is 6.42 Å². The zero-order valence-electron chi connectivity index (χ0n) is 14.2. The van der Waals surface area contributed by atoms with Crippen LogP contribution in [0.15, 0.2) is 24.3 Å². The third-order valence-electron chi connectivity index (χ3n) is 5.32.